The predicted molar refractivity (Wildman–Crippen MR) is 36.1 cm³/mol. The Morgan fingerprint density at radius 2 is 1.25 bits per heavy atom. The summed E-state index contributed by atoms with van der Waals surface area (Å²) in [6.45, 7) is 0. The van der Waals surface area contributed by atoms with Crippen molar-refractivity contribution in [2.24, 2.45) is 0 Å². The molecule has 0 aliphatic heterocycles. The first-order valence-corrected chi connectivity index (χ1v) is 2.85. The number of carbonyl (C=O) groups is 2. The maximum absolute atomic E-state index is 10.3. The van der Waals surface area contributed by atoms with Gasteiger partial charge >= 0.3 is 12.3 Å². The number of ether oxygens (including phenoxy) is 4. The molecule has 12 heavy (non-hydrogen) atoms. The molecule has 0 heterocycles. The van der Waals surface area contributed by atoms with Crippen molar-refractivity contribution in [2.45, 2.75) is 0 Å². The molecule has 0 unspecified atom stereocenters. The quantitative estimate of drug-likeness (QED) is 0.462. The van der Waals surface area contributed by atoms with E-state index < -0.39 is 12.3 Å². The van der Waals surface area contributed by atoms with Gasteiger partial charge in [0.05, 0.1) is 14.2 Å². The van der Waals surface area contributed by atoms with E-state index in [-0.39, 0.29) is 0 Å². The van der Waals surface area contributed by atoms with Gasteiger partial charge in [0.2, 0.25) is 0 Å². The van der Waals surface area contributed by atoms with Crippen LogP contribution in [0.15, 0.2) is 12.5 Å². The molecule has 0 aliphatic carbocycles. The number of hydrogen-bond acceptors (Lipinski definition) is 6. The first kappa shape index (κ1) is 10.3. The van der Waals surface area contributed by atoms with Crippen LogP contribution >= 0.6 is 0 Å². The van der Waals surface area contributed by atoms with E-state index >= 15 is 0 Å². The smallest absolute Gasteiger partial charge is 0.437 e. The van der Waals surface area contributed by atoms with Gasteiger partial charge in [0.1, 0.15) is 12.5 Å². The third-order valence-corrected chi connectivity index (χ3v) is 0.717. The zero-order valence-corrected chi connectivity index (χ0v) is 6.60. The lowest BCUT2D eigenvalue weighted by molar-refractivity contribution is 0.0930. The molecule has 0 bridgehead atoms. The molecular formula is C6H8O6. The fourth-order valence-electron chi connectivity index (χ4n) is 0.263. The van der Waals surface area contributed by atoms with E-state index in [0.717, 1.165) is 26.7 Å². The van der Waals surface area contributed by atoms with Gasteiger partial charge in [-0.25, -0.2) is 9.59 Å². The molecule has 0 atom stereocenters. The normalized spacial score (nSPS) is 9.17. The molecule has 0 aromatic carbocycles. The minimum atomic E-state index is -0.903. The molecule has 0 aliphatic rings. The van der Waals surface area contributed by atoms with E-state index in [1.807, 2.05) is 0 Å². The third-order valence-electron chi connectivity index (χ3n) is 0.717. The highest BCUT2D eigenvalue weighted by Crippen LogP contribution is 1.87. The number of methoxy groups -OCH3 is 2. The first-order chi connectivity index (χ1) is 5.70. The lowest BCUT2D eigenvalue weighted by atomic mass is 11.0. The minimum absolute atomic E-state index is 0.850. The van der Waals surface area contributed by atoms with Crippen LogP contribution in [0.25, 0.3) is 0 Å². The molecule has 0 saturated carbocycles. The second kappa shape index (κ2) is 6.02. The predicted octanol–water partition coefficient (Wildman–Crippen LogP) is 1.02. The average Bonchev–Trinajstić information content (AvgIpc) is 2.11. The summed E-state index contributed by atoms with van der Waals surface area (Å²) in [5, 5.41) is 0. The first-order valence-electron chi connectivity index (χ1n) is 2.85. The summed E-state index contributed by atoms with van der Waals surface area (Å²) in [6.07, 6.45) is -0.106. The van der Waals surface area contributed by atoms with Gasteiger partial charge in [-0.15, -0.1) is 0 Å². The van der Waals surface area contributed by atoms with Gasteiger partial charge in [-0.05, 0) is 0 Å². The fourth-order valence-corrected chi connectivity index (χ4v) is 0.263. The molecule has 0 fully saturated rings. The maximum atomic E-state index is 10.3. The molecule has 6 nitrogen and oxygen atoms in total. The molecule has 0 aromatic heterocycles. The average molecular weight is 176 g/mol. The van der Waals surface area contributed by atoms with E-state index in [9.17, 15) is 9.59 Å². The molecule has 68 valence electrons. The van der Waals surface area contributed by atoms with E-state index in [1.54, 1.807) is 0 Å². The Hall–Kier alpha value is -1.72. The van der Waals surface area contributed by atoms with E-state index in [2.05, 4.69) is 18.9 Å². The van der Waals surface area contributed by atoms with Gasteiger partial charge < -0.3 is 18.9 Å². The molecule has 6 heteroatoms. The Kier molecular flexibility index (Phi) is 5.16. The highest BCUT2D eigenvalue weighted by Gasteiger charge is 1.97. The van der Waals surface area contributed by atoms with E-state index in [0.29, 0.717) is 0 Å². The van der Waals surface area contributed by atoms with Gasteiger partial charge in [-0.2, -0.15) is 0 Å². The number of carbonyl (C=O) groups excluding carboxylic acids is 2. The highest BCUT2D eigenvalue weighted by atomic mass is 16.7. The molecule has 0 rings (SSSR count). The van der Waals surface area contributed by atoms with Gasteiger partial charge in [0.15, 0.2) is 0 Å². The lowest BCUT2D eigenvalue weighted by Crippen LogP contribution is -2.00. The monoisotopic (exact) mass is 176 g/mol. The summed E-state index contributed by atoms with van der Waals surface area (Å²) in [5.74, 6) is 0. The van der Waals surface area contributed by atoms with Crippen molar-refractivity contribution >= 4 is 12.3 Å². The van der Waals surface area contributed by atoms with Crippen LogP contribution in [0, 0.1) is 0 Å². The highest BCUT2D eigenvalue weighted by molar-refractivity contribution is 5.61. The Balaban J connectivity index is 3.50. The molecule has 0 aromatic rings. The fraction of sp³-hybridized carbons (Fsp3) is 0.333. The SMILES string of the molecule is COC(=O)OC=COC(=O)OC. The zero-order chi connectivity index (χ0) is 9.40. The van der Waals surface area contributed by atoms with Crippen molar-refractivity contribution in [1.29, 1.82) is 0 Å². The van der Waals surface area contributed by atoms with E-state index in [4.69, 9.17) is 0 Å². The summed E-state index contributed by atoms with van der Waals surface area (Å²) in [7, 11) is 2.30. The Bertz CT molecular complexity index is 164. The van der Waals surface area contributed by atoms with Crippen LogP contribution in [-0.2, 0) is 18.9 Å². The van der Waals surface area contributed by atoms with Gasteiger partial charge in [0.25, 0.3) is 0 Å². The standard InChI is InChI=1S/C6H8O6/c1-9-5(7)11-3-4-12-6(8)10-2/h3-4H,1-2H3. The van der Waals surface area contributed by atoms with Crippen molar-refractivity contribution < 1.29 is 28.5 Å². The summed E-state index contributed by atoms with van der Waals surface area (Å²) in [5.41, 5.74) is 0. The van der Waals surface area contributed by atoms with Gasteiger partial charge in [-0.3, -0.25) is 0 Å². The summed E-state index contributed by atoms with van der Waals surface area (Å²) in [6, 6.07) is 0. The number of rotatable bonds is 2. The van der Waals surface area contributed by atoms with Crippen LogP contribution in [0.1, 0.15) is 0 Å². The van der Waals surface area contributed by atoms with Gasteiger partial charge in [0, 0.05) is 0 Å². The molecule has 0 radical (unpaired) electrons. The van der Waals surface area contributed by atoms with Crippen molar-refractivity contribution in [3.8, 4) is 0 Å². The lowest BCUT2D eigenvalue weighted by Gasteiger charge is -1.95. The summed E-state index contributed by atoms with van der Waals surface area (Å²) < 4.78 is 16.6. The Morgan fingerprint density at radius 3 is 1.50 bits per heavy atom. The van der Waals surface area contributed by atoms with Crippen LogP contribution in [0.2, 0.25) is 0 Å². The summed E-state index contributed by atoms with van der Waals surface area (Å²) >= 11 is 0. The molecule has 0 N–H and O–H groups in total. The third kappa shape index (κ3) is 5.10. The summed E-state index contributed by atoms with van der Waals surface area (Å²) in [4.78, 5) is 20.5. The van der Waals surface area contributed by atoms with Crippen LogP contribution < -0.4 is 0 Å². The van der Waals surface area contributed by atoms with Crippen molar-refractivity contribution in [1.82, 2.24) is 0 Å². The van der Waals surface area contributed by atoms with Crippen LogP contribution in [0.5, 0.6) is 0 Å². The second-order valence-electron chi connectivity index (χ2n) is 1.42. The minimum Gasteiger partial charge on any atom is -0.437 e. The zero-order valence-electron chi connectivity index (χ0n) is 6.60. The molecular weight excluding hydrogens is 168 g/mol. The maximum Gasteiger partial charge on any atom is 0.513 e. The van der Waals surface area contributed by atoms with Crippen molar-refractivity contribution in [3.63, 3.8) is 0 Å². The largest absolute Gasteiger partial charge is 0.513 e. The van der Waals surface area contributed by atoms with Crippen molar-refractivity contribution in [2.75, 3.05) is 14.2 Å². The van der Waals surface area contributed by atoms with Crippen LogP contribution in [-0.4, -0.2) is 26.5 Å². The topological polar surface area (TPSA) is 71.1 Å². The second-order valence-corrected chi connectivity index (χ2v) is 1.42. The Morgan fingerprint density at radius 1 is 0.917 bits per heavy atom. The van der Waals surface area contributed by atoms with Gasteiger partial charge in [-0.1, -0.05) is 0 Å². The van der Waals surface area contributed by atoms with E-state index in [1.165, 1.54) is 0 Å². The molecule has 0 spiro atoms. The number of hydrogen-bond donors (Lipinski definition) is 0. The van der Waals surface area contributed by atoms with Crippen LogP contribution in [0.4, 0.5) is 9.59 Å². The molecule has 0 amide bonds. The molecule has 0 saturated heterocycles. The van der Waals surface area contributed by atoms with Crippen molar-refractivity contribution in [3.05, 3.63) is 12.5 Å². The Labute approximate surface area is 68.7 Å². The van der Waals surface area contributed by atoms with Crippen LogP contribution in [0.3, 0.4) is 0 Å².